The van der Waals surface area contributed by atoms with Crippen LogP contribution in [-0.2, 0) is 24.4 Å². The van der Waals surface area contributed by atoms with E-state index in [-0.39, 0.29) is 31.0 Å². The number of rotatable bonds is 10. The van der Waals surface area contributed by atoms with E-state index in [9.17, 15) is 22.8 Å². The predicted molar refractivity (Wildman–Crippen MR) is 186 cm³/mol. The number of halogens is 3. The third-order valence-corrected chi connectivity index (χ3v) is 8.33. The fraction of sp³-hybridized carbons (Fsp3) is 0.359. The molecule has 0 spiro atoms. The Bertz CT molecular complexity index is 1690. The molecule has 1 fully saturated rings. The van der Waals surface area contributed by atoms with Crippen molar-refractivity contribution in [1.82, 2.24) is 14.8 Å². The number of pyridine rings is 1. The summed E-state index contributed by atoms with van der Waals surface area (Å²) in [4.78, 5) is 34.2. The van der Waals surface area contributed by atoms with E-state index < -0.39 is 18.0 Å². The van der Waals surface area contributed by atoms with Crippen molar-refractivity contribution in [3.8, 4) is 16.9 Å². The number of ether oxygens (including phenoxy) is 2. The van der Waals surface area contributed by atoms with Crippen LogP contribution in [0.2, 0.25) is 0 Å². The standard InChI is InChI=1S/C39H43F3N4O4/c1-38(2,3)50-37(48)46(34-9-5-4-6-10-34)27-29-13-17-32(18-14-29)31-15-11-28(12-16-31)25-45(26-30-8-7-23-43-24-30)36(47)44-33-19-21-35(22-20-33)49-39(40,41)42/h7-8,11-24,34H,4-6,9-10,25-27H2,1-3H3,(H,44,47). The van der Waals surface area contributed by atoms with Crippen molar-refractivity contribution in [3.63, 3.8) is 0 Å². The summed E-state index contributed by atoms with van der Waals surface area (Å²) < 4.78 is 47.4. The highest BCUT2D eigenvalue weighted by atomic mass is 19.4. The molecule has 0 unspecified atom stereocenters. The van der Waals surface area contributed by atoms with Crippen molar-refractivity contribution < 1.29 is 32.2 Å². The molecule has 1 aliphatic rings. The maximum absolute atomic E-state index is 13.4. The summed E-state index contributed by atoms with van der Waals surface area (Å²) in [5.41, 5.74) is 4.52. The van der Waals surface area contributed by atoms with Crippen molar-refractivity contribution in [3.05, 3.63) is 114 Å². The lowest BCUT2D eigenvalue weighted by Gasteiger charge is -2.35. The number of nitrogens with one attached hydrogen (secondary N) is 1. The Labute approximate surface area is 291 Å². The van der Waals surface area contributed by atoms with Crippen LogP contribution < -0.4 is 10.1 Å². The van der Waals surface area contributed by atoms with Gasteiger partial charge in [-0.25, -0.2) is 9.59 Å². The van der Waals surface area contributed by atoms with Crippen LogP contribution >= 0.6 is 0 Å². The number of hydrogen-bond donors (Lipinski definition) is 1. The van der Waals surface area contributed by atoms with Crippen LogP contribution in [0, 0.1) is 0 Å². The topological polar surface area (TPSA) is 84.0 Å². The molecular formula is C39H43F3N4O4. The van der Waals surface area contributed by atoms with E-state index in [0.717, 1.165) is 65.6 Å². The fourth-order valence-electron chi connectivity index (χ4n) is 5.93. The number of carbonyl (C=O) groups is 2. The number of urea groups is 1. The van der Waals surface area contributed by atoms with Crippen molar-refractivity contribution >= 4 is 17.8 Å². The molecular weight excluding hydrogens is 645 g/mol. The molecule has 1 aromatic heterocycles. The number of nitrogens with zero attached hydrogens (tertiary/aromatic N) is 3. The SMILES string of the molecule is CC(C)(C)OC(=O)N(Cc1ccc(-c2ccc(CN(Cc3cccnc3)C(=O)Nc3ccc(OC(F)(F)F)cc3)cc2)cc1)C1CCCCC1. The molecule has 264 valence electrons. The second kappa shape index (κ2) is 16.1. The summed E-state index contributed by atoms with van der Waals surface area (Å²) in [7, 11) is 0. The molecule has 1 aliphatic carbocycles. The average Bonchev–Trinajstić information content (AvgIpc) is 3.08. The lowest BCUT2D eigenvalue weighted by molar-refractivity contribution is -0.274. The third kappa shape index (κ3) is 11.0. The van der Waals surface area contributed by atoms with E-state index >= 15 is 0 Å². The Morgan fingerprint density at radius 2 is 1.36 bits per heavy atom. The smallest absolute Gasteiger partial charge is 0.444 e. The zero-order valence-corrected chi connectivity index (χ0v) is 28.6. The van der Waals surface area contributed by atoms with Crippen LogP contribution in [0.15, 0.2) is 97.3 Å². The van der Waals surface area contributed by atoms with Gasteiger partial charge in [-0.1, -0.05) is 73.9 Å². The molecule has 3 aromatic carbocycles. The first-order valence-corrected chi connectivity index (χ1v) is 16.8. The summed E-state index contributed by atoms with van der Waals surface area (Å²) in [6.45, 7) is 6.69. The number of alkyl halides is 3. The van der Waals surface area contributed by atoms with Gasteiger partial charge in [0.2, 0.25) is 0 Å². The molecule has 0 aliphatic heterocycles. The molecule has 1 saturated carbocycles. The molecule has 1 heterocycles. The Balaban J connectivity index is 1.26. The molecule has 11 heteroatoms. The van der Waals surface area contributed by atoms with Gasteiger partial charge in [-0.15, -0.1) is 13.2 Å². The molecule has 4 aromatic rings. The Kier molecular flexibility index (Phi) is 11.7. The van der Waals surface area contributed by atoms with Gasteiger partial charge in [0.1, 0.15) is 11.4 Å². The van der Waals surface area contributed by atoms with Crippen LogP contribution in [0.4, 0.5) is 28.4 Å². The third-order valence-electron chi connectivity index (χ3n) is 8.33. The summed E-state index contributed by atoms with van der Waals surface area (Å²) >= 11 is 0. The Morgan fingerprint density at radius 3 is 1.90 bits per heavy atom. The minimum Gasteiger partial charge on any atom is -0.444 e. The minimum absolute atomic E-state index is 0.170. The first-order valence-electron chi connectivity index (χ1n) is 16.8. The fourth-order valence-corrected chi connectivity index (χ4v) is 5.93. The lowest BCUT2D eigenvalue weighted by atomic mass is 9.94. The van der Waals surface area contributed by atoms with Crippen molar-refractivity contribution in [2.75, 3.05) is 5.32 Å². The molecule has 0 saturated heterocycles. The Hall–Kier alpha value is -5.06. The van der Waals surface area contributed by atoms with E-state index in [1.807, 2.05) is 80.3 Å². The molecule has 50 heavy (non-hydrogen) atoms. The summed E-state index contributed by atoms with van der Waals surface area (Å²) in [5, 5.41) is 2.76. The second-order valence-electron chi connectivity index (χ2n) is 13.5. The quantitative estimate of drug-likeness (QED) is 0.179. The summed E-state index contributed by atoms with van der Waals surface area (Å²) in [6, 6.07) is 24.5. The predicted octanol–water partition coefficient (Wildman–Crippen LogP) is 9.95. The van der Waals surface area contributed by atoms with E-state index in [2.05, 4.69) is 15.0 Å². The minimum atomic E-state index is -4.80. The van der Waals surface area contributed by atoms with E-state index in [0.29, 0.717) is 12.2 Å². The van der Waals surface area contributed by atoms with Gasteiger partial charge < -0.3 is 24.6 Å². The maximum atomic E-state index is 13.4. The number of benzene rings is 3. The number of aromatic nitrogens is 1. The van der Waals surface area contributed by atoms with Gasteiger partial charge in [0.25, 0.3) is 0 Å². The molecule has 8 nitrogen and oxygen atoms in total. The first-order chi connectivity index (χ1) is 23.8. The van der Waals surface area contributed by atoms with Crippen LogP contribution in [-0.4, -0.2) is 44.9 Å². The van der Waals surface area contributed by atoms with Crippen LogP contribution in [0.1, 0.15) is 69.6 Å². The molecule has 1 N–H and O–H groups in total. The van der Waals surface area contributed by atoms with Gasteiger partial charge in [0, 0.05) is 43.8 Å². The summed E-state index contributed by atoms with van der Waals surface area (Å²) in [5.74, 6) is -0.375. The van der Waals surface area contributed by atoms with Crippen molar-refractivity contribution in [1.29, 1.82) is 0 Å². The Morgan fingerprint density at radius 1 is 0.780 bits per heavy atom. The van der Waals surface area contributed by atoms with Crippen LogP contribution in [0.5, 0.6) is 5.75 Å². The highest BCUT2D eigenvalue weighted by Crippen LogP contribution is 2.28. The van der Waals surface area contributed by atoms with Crippen LogP contribution in [0.3, 0.4) is 0 Å². The van der Waals surface area contributed by atoms with Gasteiger partial charge in [-0.05, 0) is 91.8 Å². The summed E-state index contributed by atoms with van der Waals surface area (Å²) in [6.07, 6.45) is 3.65. The number of amides is 3. The van der Waals surface area contributed by atoms with E-state index in [1.165, 1.54) is 18.6 Å². The lowest BCUT2D eigenvalue weighted by Crippen LogP contribution is -2.43. The largest absolute Gasteiger partial charge is 0.573 e. The van der Waals surface area contributed by atoms with Gasteiger partial charge in [0.15, 0.2) is 0 Å². The first kappa shape index (κ1) is 36.2. The van der Waals surface area contributed by atoms with Crippen molar-refractivity contribution in [2.24, 2.45) is 0 Å². The van der Waals surface area contributed by atoms with E-state index in [4.69, 9.17) is 4.74 Å². The van der Waals surface area contributed by atoms with Gasteiger partial charge in [0.05, 0.1) is 0 Å². The van der Waals surface area contributed by atoms with Crippen molar-refractivity contribution in [2.45, 2.75) is 90.5 Å². The normalized spacial score (nSPS) is 13.7. The number of carbonyl (C=O) groups excluding carboxylic acids is 2. The highest BCUT2D eigenvalue weighted by Gasteiger charge is 2.31. The molecule has 0 atom stereocenters. The monoisotopic (exact) mass is 688 g/mol. The van der Waals surface area contributed by atoms with Gasteiger partial charge in [-0.3, -0.25) is 4.98 Å². The zero-order chi connectivity index (χ0) is 35.7. The highest BCUT2D eigenvalue weighted by molar-refractivity contribution is 5.89. The zero-order valence-electron chi connectivity index (χ0n) is 28.6. The van der Waals surface area contributed by atoms with Crippen LogP contribution in [0.25, 0.3) is 11.1 Å². The maximum Gasteiger partial charge on any atom is 0.573 e. The number of anilines is 1. The van der Waals surface area contributed by atoms with E-state index in [1.54, 1.807) is 23.4 Å². The average molecular weight is 689 g/mol. The number of hydrogen-bond acceptors (Lipinski definition) is 5. The molecule has 0 bridgehead atoms. The molecule has 0 radical (unpaired) electrons. The van der Waals surface area contributed by atoms with Gasteiger partial charge in [-0.2, -0.15) is 0 Å². The van der Waals surface area contributed by atoms with Gasteiger partial charge >= 0.3 is 18.5 Å². The molecule has 5 rings (SSSR count). The molecule has 3 amide bonds. The second-order valence-corrected chi connectivity index (χ2v) is 13.5.